The highest BCUT2D eigenvalue weighted by atomic mass is 35.5. The van der Waals surface area contributed by atoms with Crippen molar-refractivity contribution in [3.63, 3.8) is 0 Å². The van der Waals surface area contributed by atoms with Crippen LogP contribution in [0, 0.1) is 0 Å². The van der Waals surface area contributed by atoms with Crippen molar-refractivity contribution in [2.24, 2.45) is 0 Å². The van der Waals surface area contributed by atoms with Crippen molar-refractivity contribution in [2.45, 2.75) is 116 Å². The molecule has 4 nitrogen and oxygen atoms in total. The number of nitrogens with two attached hydrogens (primary N) is 1. The molecule has 5 heteroatoms. The molecule has 0 heterocycles. The molecule has 0 aliphatic carbocycles. The maximum absolute atomic E-state index is 12.7. The minimum atomic E-state index is -0.575. The topological polar surface area (TPSA) is 64.3 Å². The Hall–Kier alpha value is -2.20. The Labute approximate surface area is 224 Å². The minimum Gasteiger partial charge on any atom is -0.481 e. The van der Waals surface area contributed by atoms with Crippen molar-refractivity contribution in [2.75, 3.05) is 11.1 Å². The highest BCUT2D eigenvalue weighted by molar-refractivity contribution is 6.33. The molecule has 0 saturated carbocycles. The first kappa shape index (κ1) is 30.0. The second kappa shape index (κ2) is 18.1. The van der Waals surface area contributed by atoms with Gasteiger partial charge in [0.05, 0.1) is 10.7 Å². The Balaban J connectivity index is 1.63. The van der Waals surface area contributed by atoms with Gasteiger partial charge in [-0.1, -0.05) is 115 Å². The molecule has 3 N–H and O–H groups in total. The third-order valence-corrected chi connectivity index (χ3v) is 7.02. The van der Waals surface area contributed by atoms with Gasteiger partial charge in [-0.05, 0) is 55.2 Å². The number of hydrogen-bond donors (Lipinski definition) is 2. The molecule has 0 saturated heterocycles. The normalized spacial score (nSPS) is 11.9. The molecule has 2 rings (SSSR count). The summed E-state index contributed by atoms with van der Waals surface area (Å²) in [5.74, 6) is 0.543. The van der Waals surface area contributed by atoms with Crippen LogP contribution in [0.2, 0.25) is 5.02 Å². The van der Waals surface area contributed by atoms with Gasteiger partial charge in [-0.3, -0.25) is 4.79 Å². The monoisotopic (exact) mass is 514 g/mol. The van der Waals surface area contributed by atoms with E-state index in [0.717, 1.165) is 12.2 Å². The number of rotatable bonds is 19. The molecule has 200 valence electrons. The summed E-state index contributed by atoms with van der Waals surface area (Å²) >= 11 is 5.97. The van der Waals surface area contributed by atoms with Crippen molar-refractivity contribution in [3.8, 4) is 5.75 Å². The molecule has 1 atom stereocenters. The molecule has 0 aliphatic heterocycles. The summed E-state index contributed by atoms with van der Waals surface area (Å²) < 4.78 is 6.04. The van der Waals surface area contributed by atoms with Crippen LogP contribution in [0.3, 0.4) is 0 Å². The van der Waals surface area contributed by atoms with Crippen LogP contribution in [0.4, 0.5) is 11.4 Å². The maximum Gasteiger partial charge on any atom is 0.265 e. The Bertz CT molecular complexity index is 887. The van der Waals surface area contributed by atoms with Crippen LogP contribution in [0.1, 0.15) is 109 Å². The average molecular weight is 515 g/mol. The second-order valence-electron chi connectivity index (χ2n) is 9.88. The van der Waals surface area contributed by atoms with Crippen LogP contribution in [-0.2, 0) is 11.2 Å². The molecule has 2 aromatic rings. The summed E-state index contributed by atoms with van der Waals surface area (Å²) in [7, 11) is 0. The summed E-state index contributed by atoms with van der Waals surface area (Å²) in [5, 5.41) is 3.34. The summed E-state index contributed by atoms with van der Waals surface area (Å²) in [4.78, 5) is 12.7. The number of carbonyl (C=O) groups excluding carboxylic acids is 1. The molecule has 0 radical (unpaired) electrons. The van der Waals surface area contributed by atoms with Gasteiger partial charge in [0.25, 0.3) is 5.91 Å². The lowest BCUT2D eigenvalue weighted by molar-refractivity contribution is -0.122. The van der Waals surface area contributed by atoms with E-state index in [1.54, 1.807) is 18.2 Å². The molecule has 0 aromatic heterocycles. The van der Waals surface area contributed by atoms with Gasteiger partial charge in [-0.25, -0.2) is 0 Å². The van der Waals surface area contributed by atoms with Crippen molar-refractivity contribution in [1.29, 1.82) is 0 Å². The molecular formula is C31H47ClN2O2. The van der Waals surface area contributed by atoms with E-state index in [-0.39, 0.29) is 5.91 Å². The number of benzene rings is 2. The Morgan fingerprint density at radius 1 is 0.861 bits per heavy atom. The van der Waals surface area contributed by atoms with Crippen molar-refractivity contribution >= 4 is 28.9 Å². The Morgan fingerprint density at radius 3 is 2.06 bits per heavy atom. The predicted molar refractivity (Wildman–Crippen MR) is 155 cm³/mol. The number of ether oxygens (including phenoxy) is 1. The van der Waals surface area contributed by atoms with Crippen molar-refractivity contribution in [1.82, 2.24) is 0 Å². The van der Waals surface area contributed by atoms with Crippen molar-refractivity contribution in [3.05, 3.63) is 53.1 Å². The van der Waals surface area contributed by atoms with E-state index >= 15 is 0 Å². The average Bonchev–Trinajstić information content (AvgIpc) is 2.87. The number of nitrogens with one attached hydrogen (secondary N) is 1. The first-order valence-electron chi connectivity index (χ1n) is 14.1. The Morgan fingerprint density at radius 2 is 1.47 bits per heavy atom. The molecule has 0 bridgehead atoms. The zero-order chi connectivity index (χ0) is 26.0. The van der Waals surface area contributed by atoms with E-state index in [4.69, 9.17) is 22.1 Å². The van der Waals surface area contributed by atoms with Gasteiger partial charge < -0.3 is 15.8 Å². The smallest absolute Gasteiger partial charge is 0.265 e. The third-order valence-electron chi connectivity index (χ3n) is 6.67. The fourth-order valence-electron chi connectivity index (χ4n) is 4.45. The van der Waals surface area contributed by atoms with Crippen LogP contribution in [-0.4, -0.2) is 12.0 Å². The zero-order valence-electron chi connectivity index (χ0n) is 22.5. The quantitative estimate of drug-likeness (QED) is 0.145. The number of amides is 1. The molecule has 0 fully saturated rings. The molecule has 1 amide bonds. The first-order chi connectivity index (χ1) is 17.5. The van der Waals surface area contributed by atoms with Gasteiger partial charge in [-0.15, -0.1) is 0 Å². The summed E-state index contributed by atoms with van der Waals surface area (Å²) in [6.45, 7) is 4.22. The van der Waals surface area contributed by atoms with E-state index < -0.39 is 6.10 Å². The second-order valence-corrected chi connectivity index (χ2v) is 10.3. The number of aryl methyl sites for hydroxylation is 1. The number of unbranched alkanes of at least 4 members (excludes halogenated alkanes) is 12. The van der Waals surface area contributed by atoms with Gasteiger partial charge in [0.2, 0.25) is 0 Å². The van der Waals surface area contributed by atoms with E-state index in [0.29, 0.717) is 22.8 Å². The standard InChI is InChI=1S/C31H47ClN2O2/c1-3-5-6-7-8-9-10-11-12-13-14-15-16-18-25-19-17-20-27(23-25)36-30(4-2)31(35)34-26-21-22-28(32)29(33)24-26/h17,19-24,30H,3-16,18,33H2,1-2H3,(H,34,35). The fourth-order valence-corrected chi connectivity index (χ4v) is 4.57. The minimum absolute atomic E-state index is 0.193. The van der Waals surface area contributed by atoms with Crippen LogP contribution in [0.5, 0.6) is 5.75 Å². The fraction of sp³-hybridized carbons (Fsp3) is 0.581. The van der Waals surface area contributed by atoms with Gasteiger partial charge in [-0.2, -0.15) is 0 Å². The van der Waals surface area contributed by atoms with Crippen LogP contribution in [0.25, 0.3) is 0 Å². The molecule has 2 aromatic carbocycles. The van der Waals surface area contributed by atoms with E-state index in [2.05, 4.69) is 24.4 Å². The number of halogens is 1. The van der Waals surface area contributed by atoms with Crippen molar-refractivity contribution < 1.29 is 9.53 Å². The highest BCUT2D eigenvalue weighted by Gasteiger charge is 2.19. The first-order valence-corrected chi connectivity index (χ1v) is 14.5. The highest BCUT2D eigenvalue weighted by Crippen LogP contribution is 2.23. The number of anilines is 2. The number of carbonyl (C=O) groups is 1. The third kappa shape index (κ3) is 12.2. The lowest BCUT2D eigenvalue weighted by atomic mass is 10.0. The number of nitrogen functional groups attached to an aromatic ring is 1. The molecule has 1 unspecified atom stereocenters. The van der Waals surface area contributed by atoms with Crippen LogP contribution in [0.15, 0.2) is 42.5 Å². The van der Waals surface area contributed by atoms with Gasteiger partial charge in [0.15, 0.2) is 6.10 Å². The molecule has 0 aliphatic rings. The lowest BCUT2D eigenvalue weighted by Crippen LogP contribution is -2.32. The van der Waals surface area contributed by atoms with E-state index in [1.807, 2.05) is 19.1 Å². The summed E-state index contributed by atoms with van der Waals surface area (Å²) in [6, 6.07) is 13.2. The van der Waals surface area contributed by atoms with E-state index in [9.17, 15) is 4.79 Å². The molecule has 0 spiro atoms. The summed E-state index contributed by atoms with van der Waals surface area (Å²) in [6.07, 6.45) is 18.8. The van der Waals surface area contributed by atoms with Gasteiger partial charge >= 0.3 is 0 Å². The van der Waals surface area contributed by atoms with Gasteiger partial charge in [0, 0.05) is 5.69 Å². The van der Waals surface area contributed by atoms with Gasteiger partial charge in [0.1, 0.15) is 5.75 Å². The molecular weight excluding hydrogens is 468 g/mol. The molecule has 36 heavy (non-hydrogen) atoms. The zero-order valence-corrected chi connectivity index (χ0v) is 23.3. The Kier molecular flexibility index (Phi) is 15.1. The largest absolute Gasteiger partial charge is 0.481 e. The van der Waals surface area contributed by atoms with Crippen LogP contribution >= 0.6 is 11.6 Å². The SMILES string of the molecule is CCCCCCCCCCCCCCCc1cccc(OC(CC)C(=O)Nc2ccc(Cl)c(N)c2)c1. The number of hydrogen-bond acceptors (Lipinski definition) is 3. The maximum atomic E-state index is 12.7. The van der Waals surface area contributed by atoms with E-state index in [1.165, 1.54) is 89.0 Å². The lowest BCUT2D eigenvalue weighted by Gasteiger charge is -2.18. The van der Waals surface area contributed by atoms with Crippen LogP contribution < -0.4 is 15.8 Å². The predicted octanol–water partition coefficient (Wildman–Crippen LogP) is 9.35. The summed E-state index contributed by atoms with van der Waals surface area (Å²) in [5.41, 5.74) is 8.15.